The van der Waals surface area contributed by atoms with Crippen molar-refractivity contribution in [1.82, 2.24) is 10.6 Å². The third kappa shape index (κ3) is 9.59. The van der Waals surface area contributed by atoms with Crippen LogP contribution in [0.3, 0.4) is 0 Å². The molecule has 0 saturated heterocycles. The number of rotatable bonds is 11. The summed E-state index contributed by atoms with van der Waals surface area (Å²) in [6, 6.07) is 4.04. The Bertz CT molecular complexity index is 426. The van der Waals surface area contributed by atoms with Gasteiger partial charge in [0, 0.05) is 13.1 Å². The van der Waals surface area contributed by atoms with Crippen molar-refractivity contribution in [1.29, 1.82) is 0 Å². The van der Waals surface area contributed by atoms with Gasteiger partial charge in [-0.05, 0) is 60.1 Å². The summed E-state index contributed by atoms with van der Waals surface area (Å²) in [6.07, 6.45) is 1.02. The summed E-state index contributed by atoms with van der Waals surface area (Å²) in [7, 11) is 1.64. The molecule has 136 valence electrons. The highest BCUT2D eigenvalue weighted by atomic mass is 79.9. The zero-order valence-corrected chi connectivity index (χ0v) is 16.8. The molecule has 5 nitrogen and oxygen atoms in total. The predicted molar refractivity (Wildman–Crippen MR) is 103 cm³/mol. The van der Waals surface area contributed by atoms with Crippen molar-refractivity contribution in [3.63, 3.8) is 0 Å². The van der Waals surface area contributed by atoms with E-state index in [9.17, 15) is 0 Å². The molecular weight excluding hydrogens is 407 g/mol. The molecule has 0 radical (unpaired) electrons. The standard InChI is InChI=1S/C15H25BrN2O3.2ClH/c1-3-21-14-10-12(9-13(16)15(14)20-2)11-18-6-4-5-17-7-8-19;;/h9-10,17-19H,3-8,11H2,1-2H3;2*1H. The lowest BCUT2D eigenvalue weighted by molar-refractivity contribution is 0.292. The Kier molecular flexibility index (Phi) is 16.6. The number of halogens is 3. The van der Waals surface area contributed by atoms with Crippen LogP contribution in [0.15, 0.2) is 16.6 Å². The van der Waals surface area contributed by atoms with Crippen molar-refractivity contribution in [2.24, 2.45) is 0 Å². The molecule has 23 heavy (non-hydrogen) atoms. The van der Waals surface area contributed by atoms with Crippen molar-refractivity contribution in [3.8, 4) is 11.5 Å². The van der Waals surface area contributed by atoms with E-state index in [0.717, 1.165) is 47.6 Å². The Morgan fingerprint density at radius 3 is 2.43 bits per heavy atom. The maximum atomic E-state index is 8.65. The molecule has 0 bridgehead atoms. The number of methoxy groups -OCH3 is 1. The predicted octanol–water partition coefficient (Wildman–Crippen LogP) is 2.76. The fourth-order valence-electron chi connectivity index (χ4n) is 1.96. The fraction of sp³-hybridized carbons (Fsp3) is 0.600. The van der Waals surface area contributed by atoms with E-state index in [4.69, 9.17) is 14.6 Å². The first-order valence-electron chi connectivity index (χ1n) is 7.24. The molecule has 0 aliphatic rings. The molecule has 1 rings (SSSR count). The number of benzene rings is 1. The van der Waals surface area contributed by atoms with Gasteiger partial charge in [0.2, 0.25) is 0 Å². The molecule has 0 aliphatic carbocycles. The molecule has 0 heterocycles. The van der Waals surface area contributed by atoms with Crippen LogP contribution in [0.25, 0.3) is 0 Å². The lowest BCUT2D eigenvalue weighted by Gasteiger charge is -2.13. The number of nitrogens with one attached hydrogen (secondary N) is 2. The van der Waals surface area contributed by atoms with Gasteiger partial charge >= 0.3 is 0 Å². The summed E-state index contributed by atoms with van der Waals surface area (Å²) in [5.74, 6) is 1.49. The first-order valence-corrected chi connectivity index (χ1v) is 8.03. The highest BCUT2D eigenvalue weighted by molar-refractivity contribution is 9.10. The molecule has 8 heteroatoms. The minimum Gasteiger partial charge on any atom is -0.492 e. The highest BCUT2D eigenvalue weighted by Gasteiger charge is 2.10. The van der Waals surface area contributed by atoms with Gasteiger partial charge in [0.1, 0.15) is 0 Å². The van der Waals surface area contributed by atoms with E-state index in [1.165, 1.54) is 0 Å². The zero-order valence-electron chi connectivity index (χ0n) is 13.6. The molecule has 0 amide bonds. The first kappa shape index (κ1) is 25.0. The van der Waals surface area contributed by atoms with E-state index in [2.05, 4.69) is 26.6 Å². The normalized spacial score (nSPS) is 9.74. The van der Waals surface area contributed by atoms with E-state index in [1.807, 2.05) is 19.1 Å². The van der Waals surface area contributed by atoms with E-state index in [0.29, 0.717) is 13.2 Å². The van der Waals surface area contributed by atoms with Crippen LogP contribution in [0.4, 0.5) is 0 Å². The molecule has 0 fully saturated rings. The van der Waals surface area contributed by atoms with Crippen LogP contribution >= 0.6 is 40.7 Å². The van der Waals surface area contributed by atoms with Crippen LogP contribution in [-0.2, 0) is 6.54 Å². The molecule has 0 aromatic heterocycles. The number of aliphatic hydroxyl groups is 1. The Balaban J connectivity index is 0. The molecule has 0 spiro atoms. The molecule has 0 atom stereocenters. The number of hydrogen-bond acceptors (Lipinski definition) is 5. The Morgan fingerprint density at radius 1 is 1.13 bits per heavy atom. The van der Waals surface area contributed by atoms with E-state index in [1.54, 1.807) is 7.11 Å². The Labute approximate surface area is 159 Å². The van der Waals surface area contributed by atoms with Gasteiger partial charge in [-0.15, -0.1) is 24.8 Å². The topological polar surface area (TPSA) is 62.8 Å². The summed E-state index contributed by atoms with van der Waals surface area (Å²) in [4.78, 5) is 0. The second kappa shape index (κ2) is 15.3. The van der Waals surface area contributed by atoms with Gasteiger partial charge in [-0.3, -0.25) is 0 Å². The number of aliphatic hydroxyl groups excluding tert-OH is 1. The number of hydrogen-bond donors (Lipinski definition) is 3. The third-order valence-corrected chi connectivity index (χ3v) is 3.49. The average molecular weight is 434 g/mol. The first-order chi connectivity index (χ1) is 10.2. The molecule has 1 aromatic carbocycles. The van der Waals surface area contributed by atoms with E-state index < -0.39 is 0 Å². The Hall–Kier alpha value is -0.240. The molecule has 0 aliphatic heterocycles. The summed E-state index contributed by atoms with van der Waals surface area (Å²) in [6.45, 7) is 6.02. The van der Waals surface area contributed by atoms with Crippen molar-refractivity contribution >= 4 is 40.7 Å². The monoisotopic (exact) mass is 432 g/mol. The molecule has 3 N–H and O–H groups in total. The molecule has 0 saturated carbocycles. The minimum absolute atomic E-state index is 0. The van der Waals surface area contributed by atoms with E-state index in [-0.39, 0.29) is 31.4 Å². The summed E-state index contributed by atoms with van der Waals surface area (Å²) in [5, 5.41) is 15.2. The average Bonchev–Trinajstić information content (AvgIpc) is 2.46. The molecular formula is C15H27BrCl2N2O3. The quantitative estimate of drug-likeness (QED) is 0.468. The maximum Gasteiger partial charge on any atom is 0.174 e. The lowest BCUT2D eigenvalue weighted by atomic mass is 10.2. The van der Waals surface area contributed by atoms with Gasteiger partial charge in [0.25, 0.3) is 0 Å². The van der Waals surface area contributed by atoms with Gasteiger partial charge in [0.05, 0.1) is 24.8 Å². The lowest BCUT2D eigenvalue weighted by Crippen LogP contribution is -2.23. The van der Waals surface area contributed by atoms with Crippen LogP contribution in [0, 0.1) is 0 Å². The zero-order chi connectivity index (χ0) is 15.5. The largest absolute Gasteiger partial charge is 0.492 e. The van der Waals surface area contributed by atoms with Crippen molar-refractivity contribution in [3.05, 3.63) is 22.2 Å². The van der Waals surface area contributed by atoms with Crippen LogP contribution in [0.1, 0.15) is 18.9 Å². The van der Waals surface area contributed by atoms with Crippen molar-refractivity contribution in [2.45, 2.75) is 19.9 Å². The van der Waals surface area contributed by atoms with Gasteiger partial charge < -0.3 is 25.2 Å². The van der Waals surface area contributed by atoms with E-state index >= 15 is 0 Å². The van der Waals surface area contributed by atoms with Gasteiger partial charge in [-0.25, -0.2) is 0 Å². The number of ether oxygens (including phenoxy) is 2. The summed E-state index contributed by atoms with van der Waals surface area (Å²) >= 11 is 3.51. The highest BCUT2D eigenvalue weighted by Crippen LogP contribution is 2.36. The maximum absolute atomic E-state index is 8.65. The second-order valence-electron chi connectivity index (χ2n) is 4.55. The van der Waals surface area contributed by atoms with Gasteiger partial charge in [-0.2, -0.15) is 0 Å². The van der Waals surface area contributed by atoms with Crippen LogP contribution in [-0.4, -0.2) is 45.1 Å². The van der Waals surface area contributed by atoms with Crippen LogP contribution in [0.5, 0.6) is 11.5 Å². The molecule has 0 unspecified atom stereocenters. The van der Waals surface area contributed by atoms with Gasteiger partial charge in [0.15, 0.2) is 11.5 Å². The van der Waals surface area contributed by atoms with Crippen molar-refractivity contribution in [2.75, 3.05) is 40.0 Å². The van der Waals surface area contributed by atoms with Gasteiger partial charge in [-0.1, -0.05) is 0 Å². The summed E-state index contributed by atoms with van der Waals surface area (Å²) in [5.41, 5.74) is 1.15. The molecule has 1 aromatic rings. The summed E-state index contributed by atoms with van der Waals surface area (Å²) < 4.78 is 11.8. The third-order valence-electron chi connectivity index (χ3n) is 2.90. The fourth-order valence-corrected chi connectivity index (χ4v) is 2.61. The smallest absolute Gasteiger partial charge is 0.174 e. The second-order valence-corrected chi connectivity index (χ2v) is 5.40. The van der Waals surface area contributed by atoms with Crippen molar-refractivity contribution < 1.29 is 14.6 Å². The van der Waals surface area contributed by atoms with Crippen LogP contribution in [0.2, 0.25) is 0 Å². The van der Waals surface area contributed by atoms with Crippen LogP contribution < -0.4 is 20.1 Å². The Morgan fingerprint density at radius 2 is 1.83 bits per heavy atom. The minimum atomic E-state index is 0. The SMILES string of the molecule is CCOc1cc(CNCCCNCCO)cc(Br)c1OC.Cl.Cl.